The van der Waals surface area contributed by atoms with Gasteiger partial charge in [0.2, 0.25) is 0 Å². The topological polar surface area (TPSA) is 55.6 Å². The van der Waals surface area contributed by atoms with Gasteiger partial charge in [-0.1, -0.05) is 43.7 Å². The highest BCUT2D eigenvalue weighted by molar-refractivity contribution is 5.82. The molecule has 1 aromatic rings. The minimum absolute atomic E-state index is 0.368. The molecule has 116 valence electrons. The fraction of sp³-hybridized carbons (Fsp3) is 0.588. The molecule has 21 heavy (non-hydrogen) atoms. The summed E-state index contributed by atoms with van der Waals surface area (Å²) in [5.41, 5.74) is 6.20. The fourth-order valence-corrected chi connectivity index (χ4v) is 3.17. The van der Waals surface area contributed by atoms with Crippen molar-refractivity contribution in [3.63, 3.8) is 0 Å². The lowest BCUT2D eigenvalue weighted by atomic mass is 9.88. The Morgan fingerprint density at radius 1 is 1.43 bits per heavy atom. The number of hydrogen-bond acceptors (Lipinski definition) is 4. The molecule has 2 unspecified atom stereocenters. The number of ether oxygens (including phenoxy) is 1. The van der Waals surface area contributed by atoms with Crippen LogP contribution < -0.4 is 5.73 Å². The molecule has 2 rings (SSSR count). The number of carbonyl (C=O) groups is 1. The molecule has 2 N–H and O–H groups in total. The van der Waals surface area contributed by atoms with Crippen LogP contribution in [0, 0.1) is 5.92 Å². The first-order chi connectivity index (χ1) is 10.1. The smallest absolute Gasteiger partial charge is 0.331 e. The second-order valence-electron chi connectivity index (χ2n) is 5.98. The zero-order chi connectivity index (χ0) is 15.3. The monoisotopic (exact) mass is 290 g/mol. The molecule has 1 aliphatic heterocycles. The molecular formula is C17H26N2O2. The number of nitrogens with two attached hydrogens (primary N) is 1. The fourth-order valence-electron chi connectivity index (χ4n) is 3.17. The van der Waals surface area contributed by atoms with Gasteiger partial charge in [-0.25, -0.2) is 4.79 Å². The molecule has 0 amide bonds. The van der Waals surface area contributed by atoms with Crippen LogP contribution in [0.2, 0.25) is 0 Å². The zero-order valence-corrected chi connectivity index (χ0v) is 13.0. The van der Waals surface area contributed by atoms with E-state index in [0.29, 0.717) is 12.5 Å². The van der Waals surface area contributed by atoms with E-state index in [1.54, 1.807) is 0 Å². The van der Waals surface area contributed by atoms with Crippen LogP contribution in [-0.2, 0) is 15.1 Å². The number of methoxy groups -OCH3 is 1. The van der Waals surface area contributed by atoms with Crippen molar-refractivity contribution in [1.82, 2.24) is 4.90 Å². The summed E-state index contributed by atoms with van der Waals surface area (Å²) in [5.74, 6) is 0.337. The third kappa shape index (κ3) is 3.63. The van der Waals surface area contributed by atoms with E-state index >= 15 is 0 Å². The number of hydrogen-bond donors (Lipinski definition) is 1. The Balaban J connectivity index is 2.19. The summed E-state index contributed by atoms with van der Waals surface area (Å²) in [6.45, 7) is 4.75. The van der Waals surface area contributed by atoms with Crippen molar-refractivity contribution in [1.29, 1.82) is 0 Å². The molecule has 0 spiro atoms. The van der Waals surface area contributed by atoms with Gasteiger partial charge >= 0.3 is 5.97 Å². The van der Waals surface area contributed by atoms with Crippen molar-refractivity contribution in [3.8, 4) is 0 Å². The van der Waals surface area contributed by atoms with Crippen molar-refractivity contribution in [2.45, 2.75) is 31.7 Å². The Morgan fingerprint density at radius 3 is 2.76 bits per heavy atom. The van der Waals surface area contributed by atoms with Crippen LogP contribution in [-0.4, -0.2) is 37.6 Å². The number of esters is 1. The molecule has 1 aliphatic rings. The summed E-state index contributed by atoms with van der Waals surface area (Å²) in [4.78, 5) is 14.6. The summed E-state index contributed by atoms with van der Waals surface area (Å²) in [6, 6.07) is 9.54. The van der Waals surface area contributed by atoms with Crippen LogP contribution in [0.15, 0.2) is 30.3 Å². The van der Waals surface area contributed by atoms with Crippen LogP contribution in [0.3, 0.4) is 0 Å². The molecule has 0 bridgehead atoms. The van der Waals surface area contributed by atoms with Crippen molar-refractivity contribution >= 4 is 5.97 Å². The number of rotatable bonds is 5. The van der Waals surface area contributed by atoms with Gasteiger partial charge in [0, 0.05) is 13.1 Å². The van der Waals surface area contributed by atoms with E-state index in [1.165, 1.54) is 26.4 Å². The molecule has 4 heteroatoms. The maximum Gasteiger partial charge on any atom is 0.331 e. The SMILES string of the molecule is CCC1CCCN(CC(N)(C(=O)OC)c2ccccc2)C1. The van der Waals surface area contributed by atoms with Gasteiger partial charge < -0.3 is 15.4 Å². The van der Waals surface area contributed by atoms with E-state index in [9.17, 15) is 4.79 Å². The predicted octanol–water partition coefficient (Wildman–Crippen LogP) is 2.14. The number of carbonyl (C=O) groups excluding carboxylic acids is 1. The molecule has 4 nitrogen and oxygen atoms in total. The van der Waals surface area contributed by atoms with E-state index in [4.69, 9.17) is 10.5 Å². The van der Waals surface area contributed by atoms with Gasteiger partial charge in [0.05, 0.1) is 7.11 Å². The van der Waals surface area contributed by atoms with Gasteiger partial charge in [-0.05, 0) is 30.9 Å². The molecule has 0 radical (unpaired) electrons. The van der Waals surface area contributed by atoms with Crippen LogP contribution in [0.4, 0.5) is 0 Å². The second-order valence-corrected chi connectivity index (χ2v) is 5.98. The van der Waals surface area contributed by atoms with Gasteiger partial charge in [0.1, 0.15) is 0 Å². The maximum absolute atomic E-state index is 12.3. The molecule has 1 fully saturated rings. The number of benzene rings is 1. The highest BCUT2D eigenvalue weighted by atomic mass is 16.5. The third-order valence-electron chi connectivity index (χ3n) is 4.49. The van der Waals surface area contributed by atoms with Crippen molar-refractivity contribution in [2.75, 3.05) is 26.7 Å². The van der Waals surface area contributed by atoms with E-state index in [2.05, 4.69) is 11.8 Å². The van der Waals surface area contributed by atoms with Gasteiger partial charge in [-0.15, -0.1) is 0 Å². The minimum Gasteiger partial charge on any atom is -0.467 e. The Hall–Kier alpha value is -1.39. The minimum atomic E-state index is -1.09. The molecule has 1 saturated heterocycles. The Labute approximate surface area is 127 Å². The van der Waals surface area contributed by atoms with Crippen molar-refractivity contribution in [2.24, 2.45) is 11.7 Å². The standard InChI is InChI=1S/C17H26N2O2/c1-3-14-8-7-11-19(12-14)13-17(18,16(20)21-2)15-9-5-4-6-10-15/h4-6,9-10,14H,3,7-8,11-13,18H2,1-2H3. The lowest BCUT2D eigenvalue weighted by molar-refractivity contribution is -0.148. The average Bonchev–Trinajstić information content (AvgIpc) is 2.54. The molecular weight excluding hydrogens is 264 g/mol. The summed E-state index contributed by atoms with van der Waals surface area (Å²) < 4.78 is 4.97. The Bertz CT molecular complexity index is 463. The largest absolute Gasteiger partial charge is 0.467 e. The lowest BCUT2D eigenvalue weighted by Gasteiger charge is -2.38. The molecule has 0 saturated carbocycles. The lowest BCUT2D eigenvalue weighted by Crippen LogP contribution is -2.55. The number of likely N-dealkylation sites (tertiary alicyclic amines) is 1. The molecule has 0 aromatic heterocycles. The van der Waals surface area contributed by atoms with Gasteiger partial charge in [0.25, 0.3) is 0 Å². The first-order valence-electron chi connectivity index (χ1n) is 7.75. The number of nitrogens with zero attached hydrogens (tertiary/aromatic N) is 1. The van der Waals surface area contributed by atoms with Crippen LogP contribution in [0.1, 0.15) is 31.7 Å². The van der Waals surface area contributed by atoms with Crippen molar-refractivity contribution in [3.05, 3.63) is 35.9 Å². The predicted molar refractivity (Wildman–Crippen MR) is 83.8 cm³/mol. The highest BCUT2D eigenvalue weighted by Gasteiger charge is 2.39. The first-order valence-corrected chi connectivity index (χ1v) is 7.75. The third-order valence-corrected chi connectivity index (χ3v) is 4.49. The summed E-state index contributed by atoms with van der Waals surface area (Å²) in [6.07, 6.45) is 3.62. The summed E-state index contributed by atoms with van der Waals surface area (Å²) in [5, 5.41) is 0. The normalized spacial score (nSPS) is 22.5. The molecule has 1 heterocycles. The molecule has 0 aliphatic carbocycles. The van der Waals surface area contributed by atoms with Gasteiger partial charge in [-0.2, -0.15) is 0 Å². The number of piperidine rings is 1. The van der Waals surface area contributed by atoms with Crippen LogP contribution in [0.5, 0.6) is 0 Å². The van der Waals surface area contributed by atoms with E-state index in [0.717, 1.165) is 18.7 Å². The quantitative estimate of drug-likeness (QED) is 0.844. The summed E-state index contributed by atoms with van der Waals surface area (Å²) in [7, 11) is 1.40. The zero-order valence-electron chi connectivity index (χ0n) is 13.0. The van der Waals surface area contributed by atoms with E-state index in [-0.39, 0.29) is 5.97 Å². The molecule has 1 aromatic carbocycles. The Kier molecular flexibility index (Phi) is 5.37. The van der Waals surface area contributed by atoms with Crippen LogP contribution >= 0.6 is 0 Å². The highest BCUT2D eigenvalue weighted by Crippen LogP contribution is 2.25. The molecule has 2 atom stereocenters. The average molecular weight is 290 g/mol. The Morgan fingerprint density at radius 2 is 2.14 bits per heavy atom. The first kappa shape index (κ1) is 16.0. The van der Waals surface area contributed by atoms with Crippen LogP contribution in [0.25, 0.3) is 0 Å². The van der Waals surface area contributed by atoms with Crippen molar-refractivity contribution < 1.29 is 9.53 Å². The van der Waals surface area contributed by atoms with Gasteiger partial charge in [0.15, 0.2) is 5.54 Å². The summed E-state index contributed by atoms with van der Waals surface area (Å²) >= 11 is 0. The second kappa shape index (κ2) is 7.05. The maximum atomic E-state index is 12.3. The van der Waals surface area contributed by atoms with E-state index < -0.39 is 5.54 Å². The van der Waals surface area contributed by atoms with Gasteiger partial charge in [-0.3, -0.25) is 0 Å². The van der Waals surface area contributed by atoms with E-state index in [1.807, 2.05) is 30.3 Å².